The summed E-state index contributed by atoms with van der Waals surface area (Å²) in [6.07, 6.45) is 2.92. The highest BCUT2D eigenvalue weighted by Gasteiger charge is 2.13. The monoisotopic (exact) mass is 392 g/mol. The van der Waals surface area contributed by atoms with Crippen LogP contribution < -0.4 is 24.8 Å². The van der Waals surface area contributed by atoms with E-state index in [1.54, 1.807) is 12.1 Å². The lowest BCUT2D eigenvalue weighted by Gasteiger charge is -2.19. The van der Waals surface area contributed by atoms with Crippen molar-refractivity contribution in [3.05, 3.63) is 60.6 Å². The first kappa shape index (κ1) is 18.5. The van der Waals surface area contributed by atoms with Gasteiger partial charge < -0.3 is 24.8 Å². The second-order valence-corrected chi connectivity index (χ2v) is 6.15. The topological polar surface area (TPSA) is 94.6 Å². The minimum Gasteiger partial charge on any atom is -0.492 e. The highest BCUT2D eigenvalue weighted by Crippen LogP contribution is 2.33. The fourth-order valence-electron chi connectivity index (χ4n) is 2.82. The molecule has 4 rings (SSSR count). The third-order valence-corrected chi connectivity index (χ3v) is 4.13. The highest BCUT2D eigenvalue weighted by molar-refractivity contribution is 6.03. The maximum atomic E-state index is 12.5. The number of nitrogens with zero attached hydrogens (tertiary/aromatic N) is 2. The summed E-state index contributed by atoms with van der Waals surface area (Å²) in [6.45, 7) is 3.46. The smallest absolute Gasteiger partial charge is 0.275 e. The van der Waals surface area contributed by atoms with Crippen LogP contribution in [0, 0.1) is 0 Å². The van der Waals surface area contributed by atoms with Gasteiger partial charge in [0.15, 0.2) is 11.5 Å². The van der Waals surface area contributed by atoms with Gasteiger partial charge in [0.25, 0.3) is 5.91 Å². The molecule has 0 unspecified atom stereocenters. The molecule has 1 aliphatic heterocycles. The van der Waals surface area contributed by atoms with Crippen molar-refractivity contribution in [2.75, 3.05) is 30.5 Å². The van der Waals surface area contributed by atoms with Gasteiger partial charge in [-0.05, 0) is 31.2 Å². The number of amides is 1. The Labute approximate surface area is 167 Å². The van der Waals surface area contributed by atoms with E-state index in [9.17, 15) is 4.79 Å². The van der Waals surface area contributed by atoms with Crippen LogP contribution in [-0.2, 0) is 0 Å². The number of para-hydroxylation sites is 2. The van der Waals surface area contributed by atoms with Crippen LogP contribution in [0.5, 0.6) is 17.2 Å². The van der Waals surface area contributed by atoms with Gasteiger partial charge in [0.1, 0.15) is 30.5 Å². The van der Waals surface area contributed by atoms with Crippen molar-refractivity contribution in [1.29, 1.82) is 0 Å². The zero-order valence-corrected chi connectivity index (χ0v) is 15.8. The standard InChI is InChI=1S/C21H20N4O4/c1-2-27-17-6-4-3-5-15(17)25-21(26)16-12-23-20(13-22-16)24-14-7-8-18-19(11-14)29-10-9-28-18/h3-8,11-13H,2,9-10H2,1H3,(H,23,24)(H,25,26). The van der Waals surface area contributed by atoms with Gasteiger partial charge in [-0.2, -0.15) is 0 Å². The fourth-order valence-corrected chi connectivity index (χ4v) is 2.82. The number of hydrogen-bond acceptors (Lipinski definition) is 7. The molecule has 0 fully saturated rings. The average Bonchev–Trinajstić information content (AvgIpc) is 2.76. The zero-order chi connectivity index (χ0) is 20.1. The predicted octanol–water partition coefficient (Wildman–Crippen LogP) is 3.64. The number of fused-ring (bicyclic) bond motifs is 1. The van der Waals surface area contributed by atoms with Gasteiger partial charge in [-0.1, -0.05) is 12.1 Å². The van der Waals surface area contributed by atoms with E-state index in [2.05, 4.69) is 20.6 Å². The van der Waals surface area contributed by atoms with Crippen molar-refractivity contribution in [2.24, 2.45) is 0 Å². The quantitative estimate of drug-likeness (QED) is 0.661. The molecule has 0 saturated carbocycles. The molecular weight excluding hydrogens is 372 g/mol. The first-order valence-electron chi connectivity index (χ1n) is 9.25. The van der Waals surface area contributed by atoms with Crippen LogP contribution in [0.2, 0.25) is 0 Å². The van der Waals surface area contributed by atoms with Crippen LogP contribution in [0.4, 0.5) is 17.2 Å². The SMILES string of the molecule is CCOc1ccccc1NC(=O)c1cnc(Nc2ccc3c(c2)OCCO3)cn1. The molecule has 1 aliphatic rings. The number of carbonyl (C=O) groups excluding carboxylic acids is 1. The van der Waals surface area contributed by atoms with E-state index in [4.69, 9.17) is 14.2 Å². The Morgan fingerprint density at radius 3 is 2.69 bits per heavy atom. The number of benzene rings is 2. The van der Waals surface area contributed by atoms with Crippen LogP contribution in [0.15, 0.2) is 54.9 Å². The molecule has 3 aromatic rings. The molecule has 1 aromatic heterocycles. The number of carbonyl (C=O) groups is 1. The first-order chi connectivity index (χ1) is 14.2. The minimum atomic E-state index is -0.365. The number of hydrogen-bond donors (Lipinski definition) is 2. The number of anilines is 3. The van der Waals surface area contributed by atoms with E-state index in [1.807, 2.05) is 37.3 Å². The molecule has 0 atom stereocenters. The maximum absolute atomic E-state index is 12.5. The molecule has 8 heteroatoms. The molecule has 0 spiro atoms. The van der Waals surface area contributed by atoms with E-state index in [0.717, 1.165) is 5.69 Å². The Morgan fingerprint density at radius 2 is 1.90 bits per heavy atom. The minimum absolute atomic E-state index is 0.198. The van der Waals surface area contributed by atoms with Crippen LogP contribution in [-0.4, -0.2) is 35.7 Å². The molecule has 29 heavy (non-hydrogen) atoms. The van der Waals surface area contributed by atoms with Gasteiger partial charge >= 0.3 is 0 Å². The summed E-state index contributed by atoms with van der Waals surface area (Å²) in [7, 11) is 0. The van der Waals surface area contributed by atoms with Gasteiger partial charge in [0.2, 0.25) is 0 Å². The fraction of sp³-hybridized carbons (Fsp3) is 0.190. The molecule has 0 radical (unpaired) electrons. The van der Waals surface area contributed by atoms with Crippen molar-refractivity contribution < 1.29 is 19.0 Å². The van der Waals surface area contributed by atoms with E-state index >= 15 is 0 Å². The van der Waals surface area contributed by atoms with Gasteiger partial charge in [-0.3, -0.25) is 4.79 Å². The summed E-state index contributed by atoms with van der Waals surface area (Å²) in [4.78, 5) is 21.0. The van der Waals surface area contributed by atoms with Gasteiger partial charge in [0, 0.05) is 11.8 Å². The largest absolute Gasteiger partial charge is 0.492 e. The number of rotatable bonds is 6. The second kappa shape index (κ2) is 8.47. The third-order valence-electron chi connectivity index (χ3n) is 4.13. The Bertz CT molecular complexity index is 1010. The van der Waals surface area contributed by atoms with Crippen LogP contribution in [0.3, 0.4) is 0 Å². The highest BCUT2D eigenvalue weighted by atomic mass is 16.6. The van der Waals surface area contributed by atoms with Gasteiger partial charge in [-0.25, -0.2) is 9.97 Å². The van der Waals surface area contributed by atoms with Crippen molar-refractivity contribution in [3.8, 4) is 17.2 Å². The summed E-state index contributed by atoms with van der Waals surface area (Å²) in [6, 6.07) is 12.8. The zero-order valence-electron chi connectivity index (χ0n) is 15.8. The molecule has 0 aliphatic carbocycles. The molecule has 0 bridgehead atoms. The summed E-state index contributed by atoms with van der Waals surface area (Å²) >= 11 is 0. The Morgan fingerprint density at radius 1 is 1.07 bits per heavy atom. The van der Waals surface area contributed by atoms with Crippen molar-refractivity contribution in [1.82, 2.24) is 9.97 Å². The molecule has 0 saturated heterocycles. The van der Waals surface area contributed by atoms with Crippen LogP contribution in [0.1, 0.15) is 17.4 Å². The maximum Gasteiger partial charge on any atom is 0.275 e. The van der Waals surface area contributed by atoms with E-state index < -0.39 is 0 Å². The van der Waals surface area contributed by atoms with Crippen molar-refractivity contribution >= 4 is 23.1 Å². The Hall–Kier alpha value is -3.81. The van der Waals surface area contributed by atoms with E-state index in [1.165, 1.54) is 12.4 Å². The number of nitrogens with one attached hydrogen (secondary N) is 2. The van der Waals surface area contributed by atoms with Gasteiger partial charge in [0.05, 0.1) is 24.7 Å². The summed E-state index contributed by atoms with van der Waals surface area (Å²) in [5.74, 6) is 2.14. The molecule has 8 nitrogen and oxygen atoms in total. The summed E-state index contributed by atoms with van der Waals surface area (Å²) < 4.78 is 16.6. The van der Waals surface area contributed by atoms with Crippen LogP contribution in [0.25, 0.3) is 0 Å². The summed E-state index contributed by atoms with van der Waals surface area (Å²) in [5.41, 5.74) is 1.56. The molecule has 2 N–H and O–H groups in total. The number of ether oxygens (including phenoxy) is 3. The van der Waals surface area contributed by atoms with E-state index in [-0.39, 0.29) is 11.6 Å². The predicted molar refractivity (Wildman–Crippen MR) is 108 cm³/mol. The molecular formula is C21H20N4O4. The molecule has 2 heterocycles. The van der Waals surface area contributed by atoms with Crippen molar-refractivity contribution in [3.63, 3.8) is 0 Å². The normalized spacial score (nSPS) is 12.2. The van der Waals surface area contributed by atoms with E-state index in [0.29, 0.717) is 48.6 Å². The summed E-state index contributed by atoms with van der Waals surface area (Å²) in [5, 5.41) is 5.93. The third kappa shape index (κ3) is 4.37. The average molecular weight is 392 g/mol. The van der Waals surface area contributed by atoms with Gasteiger partial charge in [-0.15, -0.1) is 0 Å². The second-order valence-electron chi connectivity index (χ2n) is 6.15. The molecule has 1 amide bonds. The lowest BCUT2D eigenvalue weighted by atomic mass is 10.2. The molecule has 148 valence electrons. The Kier molecular flexibility index (Phi) is 5.42. The lowest BCUT2D eigenvalue weighted by Crippen LogP contribution is -2.15. The Balaban J connectivity index is 1.43. The molecule has 2 aromatic carbocycles. The lowest BCUT2D eigenvalue weighted by molar-refractivity contribution is 0.102. The first-order valence-corrected chi connectivity index (χ1v) is 9.25. The van der Waals surface area contributed by atoms with Crippen molar-refractivity contribution in [2.45, 2.75) is 6.92 Å². The van der Waals surface area contributed by atoms with Crippen LogP contribution >= 0.6 is 0 Å². The number of aromatic nitrogens is 2.